The lowest BCUT2D eigenvalue weighted by atomic mass is 9.75. The van der Waals surface area contributed by atoms with E-state index in [-0.39, 0.29) is 5.82 Å². The Morgan fingerprint density at radius 3 is 2.67 bits per heavy atom. The number of rotatable bonds is 3. The van der Waals surface area contributed by atoms with Crippen molar-refractivity contribution >= 4 is 0 Å². The molecule has 0 atom stereocenters. The second-order valence-electron chi connectivity index (χ2n) is 3.96. The molecular formula is C12H15FO2. The Morgan fingerprint density at radius 2 is 2.20 bits per heavy atom. The van der Waals surface area contributed by atoms with Crippen molar-refractivity contribution in [1.29, 1.82) is 0 Å². The summed E-state index contributed by atoms with van der Waals surface area (Å²) in [6.45, 7) is 2.37. The van der Waals surface area contributed by atoms with Gasteiger partial charge in [0.05, 0.1) is 12.2 Å². The predicted octanol–water partition coefficient (Wildman–Crippen LogP) is 2.60. The molecule has 2 nitrogen and oxygen atoms in total. The summed E-state index contributed by atoms with van der Waals surface area (Å²) in [6, 6.07) is 4.67. The molecule has 0 heterocycles. The maximum atomic E-state index is 13.6. The minimum atomic E-state index is -0.936. The average molecular weight is 210 g/mol. The molecule has 0 radical (unpaired) electrons. The van der Waals surface area contributed by atoms with Crippen LogP contribution in [-0.4, -0.2) is 11.7 Å². The van der Waals surface area contributed by atoms with Crippen molar-refractivity contribution in [2.75, 3.05) is 6.61 Å². The maximum Gasteiger partial charge on any atom is 0.132 e. The van der Waals surface area contributed by atoms with Gasteiger partial charge in [-0.2, -0.15) is 0 Å². The minimum absolute atomic E-state index is 0.372. The standard InChI is InChI=1S/C12H15FO2/c1-2-15-9-4-5-10(11(13)8-9)12(14)6-3-7-12/h4-5,8,14H,2-3,6-7H2,1H3. The molecule has 3 heteroatoms. The third-order valence-electron chi connectivity index (χ3n) is 2.93. The Balaban J connectivity index is 2.26. The van der Waals surface area contributed by atoms with Crippen LogP contribution in [0.3, 0.4) is 0 Å². The summed E-state index contributed by atoms with van der Waals surface area (Å²) < 4.78 is 18.8. The Bertz CT molecular complexity index is 359. The van der Waals surface area contributed by atoms with Gasteiger partial charge < -0.3 is 9.84 Å². The van der Waals surface area contributed by atoms with E-state index in [9.17, 15) is 9.50 Å². The molecule has 0 aromatic heterocycles. The first kappa shape index (κ1) is 10.4. The normalized spacial score (nSPS) is 18.3. The lowest BCUT2D eigenvalue weighted by Gasteiger charge is -2.37. The molecule has 82 valence electrons. The van der Waals surface area contributed by atoms with Gasteiger partial charge in [-0.05, 0) is 38.3 Å². The van der Waals surface area contributed by atoms with E-state index in [4.69, 9.17) is 4.74 Å². The first-order valence-corrected chi connectivity index (χ1v) is 5.31. The van der Waals surface area contributed by atoms with Gasteiger partial charge >= 0.3 is 0 Å². The van der Waals surface area contributed by atoms with Gasteiger partial charge in [0.2, 0.25) is 0 Å². The van der Waals surface area contributed by atoms with Crippen molar-refractivity contribution in [3.63, 3.8) is 0 Å². The molecule has 0 unspecified atom stereocenters. The molecule has 1 aromatic carbocycles. The van der Waals surface area contributed by atoms with Gasteiger partial charge in [0.15, 0.2) is 0 Å². The number of benzene rings is 1. The highest BCUT2D eigenvalue weighted by Crippen LogP contribution is 2.42. The highest BCUT2D eigenvalue weighted by Gasteiger charge is 2.38. The lowest BCUT2D eigenvalue weighted by molar-refractivity contribution is -0.0416. The van der Waals surface area contributed by atoms with Crippen molar-refractivity contribution in [3.05, 3.63) is 29.6 Å². The van der Waals surface area contributed by atoms with Gasteiger partial charge in [0.25, 0.3) is 0 Å². The van der Waals surface area contributed by atoms with E-state index in [0.717, 1.165) is 6.42 Å². The molecule has 1 saturated carbocycles. The predicted molar refractivity (Wildman–Crippen MR) is 55.3 cm³/mol. The van der Waals surface area contributed by atoms with Crippen LogP contribution >= 0.6 is 0 Å². The summed E-state index contributed by atoms with van der Waals surface area (Å²) in [6.07, 6.45) is 2.26. The summed E-state index contributed by atoms with van der Waals surface area (Å²) in [5, 5.41) is 10.0. The van der Waals surface area contributed by atoms with Gasteiger partial charge in [0.1, 0.15) is 11.6 Å². The van der Waals surface area contributed by atoms with Crippen LogP contribution in [0.1, 0.15) is 31.7 Å². The van der Waals surface area contributed by atoms with Gasteiger partial charge in [-0.15, -0.1) is 0 Å². The largest absolute Gasteiger partial charge is 0.494 e. The first-order chi connectivity index (χ1) is 7.15. The van der Waals surface area contributed by atoms with Crippen molar-refractivity contribution < 1.29 is 14.2 Å². The summed E-state index contributed by atoms with van der Waals surface area (Å²) in [7, 11) is 0. The van der Waals surface area contributed by atoms with Gasteiger partial charge in [-0.25, -0.2) is 4.39 Å². The minimum Gasteiger partial charge on any atom is -0.494 e. The van der Waals surface area contributed by atoms with Crippen LogP contribution in [-0.2, 0) is 5.60 Å². The SMILES string of the molecule is CCOc1ccc(C2(O)CCC2)c(F)c1. The van der Waals surface area contributed by atoms with Crippen LogP contribution in [0.15, 0.2) is 18.2 Å². The molecule has 2 rings (SSSR count). The molecule has 1 fully saturated rings. The monoisotopic (exact) mass is 210 g/mol. The quantitative estimate of drug-likeness (QED) is 0.830. The van der Waals surface area contributed by atoms with Crippen LogP contribution in [0.4, 0.5) is 4.39 Å². The smallest absolute Gasteiger partial charge is 0.132 e. The Morgan fingerprint density at radius 1 is 1.47 bits per heavy atom. The zero-order valence-corrected chi connectivity index (χ0v) is 8.79. The number of halogens is 1. The Hall–Kier alpha value is -1.09. The molecule has 1 aliphatic carbocycles. The number of hydrogen-bond donors (Lipinski definition) is 1. The highest BCUT2D eigenvalue weighted by atomic mass is 19.1. The summed E-state index contributed by atoms with van der Waals surface area (Å²) >= 11 is 0. The number of hydrogen-bond acceptors (Lipinski definition) is 2. The second kappa shape index (κ2) is 3.81. The zero-order valence-electron chi connectivity index (χ0n) is 8.79. The van der Waals surface area contributed by atoms with Crippen molar-refractivity contribution in [3.8, 4) is 5.75 Å². The second-order valence-corrected chi connectivity index (χ2v) is 3.96. The third-order valence-corrected chi connectivity index (χ3v) is 2.93. The highest BCUT2D eigenvalue weighted by molar-refractivity contribution is 5.33. The van der Waals surface area contributed by atoms with E-state index < -0.39 is 5.60 Å². The van der Waals surface area contributed by atoms with Gasteiger partial charge in [-0.3, -0.25) is 0 Å². The molecular weight excluding hydrogens is 195 g/mol. The molecule has 0 spiro atoms. The summed E-state index contributed by atoms with van der Waals surface area (Å²) in [5.74, 6) is 0.143. The van der Waals surface area contributed by atoms with E-state index in [1.807, 2.05) is 6.92 Å². The fraction of sp³-hybridized carbons (Fsp3) is 0.500. The summed E-state index contributed by atoms with van der Waals surface area (Å²) in [5.41, 5.74) is -0.535. The molecule has 0 amide bonds. The fourth-order valence-electron chi connectivity index (χ4n) is 1.91. The molecule has 15 heavy (non-hydrogen) atoms. The zero-order chi connectivity index (χ0) is 10.9. The average Bonchev–Trinajstić information content (AvgIpc) is 2.15. The van der Waals surface area contributed by atoms with E-state index in [1.165, 1.54) is 6.07 Å². The molecule has 1 aromatic rings. The third kappa shape index (κ3) is 1.84. The van der Waals surface area contributed by atoms with E-state index in [1.54, 1.807) is 12.1 Å². The van der Waals surface area contributed by atoms with Gasteiger partial charge in [0, 0.05) is 11.6 Å². The van der Waals surface area contributed by atoms with Crippen LogP contribution in [0.25, 0.3) is 0 Å². The van der Waals surface area contributed by atoms with Gasteiger partial charge in [-0.1, -0.05) is 0 Å². The van der Waals surface area contributed by atoms with Crippen LogP contribution in [0, 0.1) is 5.82 Å². The molecule has 0 aliphatic heterocycles. The van der Waals surface area contributed by atoms with E-state index in [0.29, 0.717) is 30.8 Å². The number of ether oxygens (including phenoxy) is 1. The van der Waals surface area contributed by atoms with E-state index in [2.05, 4.69) is 0 Å². The van der Waals surface area contributed by atoms with Crippen LogP contribution in [0.2, 0.25) is 0 Å². The first-order valence-electron chi connectivity index (χ1n) is 5.31. The summed E-state index contributed by atoms with van der Waals surface area (Å²) in [4.78, 5) is 0. The molecule has 1 aliphatic rings. The number of aliphatic hydroxyl groups is 1. The molecule has 0 bridgehead atoms. The maximum absolute atomic E-state index is 13.6. The van der Waals surface area contributed by atoms with Crippen molar-refractivity contribution in [2.24, 2.45) is 0 Å². The fourth-order valence-corrected chi connectivity index (χ4v) is 1.91. The van der Waals surface area contributed by atoms with Crippen molar-refractivity contribution in [2.45, 2.75) is 31.8 Å². The van der Waals surface area contributed by atoms with E-state index >= 15 is 0 Å². The Labute approximate surface area is 88.7 Å². The lowest BCUT2D eigenvalue weighted by Crippen LogP contribution is -2.34. The topological polar surface area (TPSA) is 29.5 Å². The van der Waals surface area contributed by atoms with Crippen LogP contribution < -0.4 is 4.74 Å². The molecule has 1 N–H and O–H groups in total. The Kier molecular flexibility index (Phi) is 2.65. The van der Waals surface area contributed by atoms with Crippen molar-refractivity contribution in [1.82, 2.24) is 0 Å². The molecule has 0 saturated heterocycles. The van der Waals surface area contributed by atoms with Crippen LogP contribution in [0.5, 0.6) is 5.75 Å².